The highest BCUT2D eigenvalue weighted by atomic mass is 16.1. The van der Waals surface area contributed by atoms with Gasteiger partial charge in [-0.05, 0) is 46.1 Å². The van der Waals surface area contributed by atoms with E-state index in [4.69, 9.17) is 5.73 Å². The van der Waals surface area contributed by atoms with Crippen LogP contribution < -0.4 is 11.1 Å². The zero-order valence-electron chi connectivity index (χ0n) is 11.2. The van der Waals surface area contributed by atoms with Crippen molar-refractivity contribution in [1.29, 1.82) is 0 Å². The lowest BCUT2D eigenvalue weighted by atomic mass is 9.91. The predicted octanol–water partition coefficient (Wildman–Crippen LogP) is 0.855. The van der Waals surface area contributed by atoms with Gasteiger partial charge >= 0.3 is 0 Å². The molecule has 3 N–H and O–H groups in total. The van der Waals surface area contributed by atoms with Crippen LogP contribution in [0.15, 0.2) is 0 Å². The molecule has 2 heterocycles. The summed E-state index contributed by atoms with van der Waals surface area (Å²) in [6.45, 7) is 3.94. The van der Waals surface area contributed by atoms with Gasteiger partial charge < -0.3 is 16.0 Å². The van der Waals surface area contributed by atoms with Crippen LogP contribution in [0.5, 0.6) is 0 Å². The Morgan fingerprint density at radius 2 is 1.94 bits per heavy atom. The van der Waals surface area contributed by atoms with E-state index in [-0.39, 0.29) is 5.91 Å². The van der Waals surface area contributed by atoms with Gasteiger partial charge in [0.15, 0.2) is 0 Å². The van der Waals surface area contributed by atoms with Crippen molar-refractivity contribution in [2.24, 2.45) is 5.73 Å². The van der Waals surface area contributed by atoms with Gasteiger partial charge in [0.05, 0.1) is 5.54 Å². The molecule has 0 aliphatic carbocycles. The Hall–Kier alpha value is -0.610. The van der Waals surface area contributed by atoms with E-state index in [0.29, 0.717) is 18.1 Å². The average Bonchev–Trinajstić information content (AvgIpc) is 2.53. The van der Waals surface area contributed by atoms with Gasteiger partial charge in [-0.15, -0.1) is 0 Å². The van der Waals surface area contributed by atoms with Crippen LogP contribution in [0.3, 0.4) is 0 Å². The number of amides is 1. The van der Waals surface area contributed by atoms with Crippen molar-refractivity contribution < 1.29 is 4.79 Å². The summed E-state index contributed by atoms with van der Waals surface area (Å²) in [5, 5.41) is 3.50. The van der Waals surface area contributed by atoms with Crippen LogP contribution in [0.2, 0.25) is 0 Å². The molecular formula is C13H25N3O. The van der Waals surface area contributed by atoms with E-state index in [1.807, 2.05) is 13.8 Å². The number of carbonyl (C=O) groups excluding carboxylic acids is 1. The van der Waals surface area contributed by atoms with E-state index in [2.05, 4.69) is 17.3 Å². The molecular weight excluding hydrogens is 214 g/mol. The molecule has 2 rings (SSSR count). The van der Waals surface area contributed by atoms with Crippen molar-refractivity contribution in [3.63, 3.8) is 0 Å². The number of hydrogen-bond acceptors (Lipinski definition) is 3. The molecule has 98 valence electrons. The maximum Gasteiger partial charge on any atom is 0.237 e. The van der Waals surface area contributed by atoms with Crippen LogP contribution >= 0.6 is 0 Å². The number of nitrogens with one attached hydrogen (secondary N) is 1. The lowest BCUT2D eigenvalue weighted by Crippen LogP contribution is -2.59. The van der Waals surface area contributed by atoms with Crippen LogP contribution in [-0.4, -0.2) is 41.5 Å². The Morgan fingerprint density at radius 3 is 2.35 bits per heavy atom. The van der Waals surface area contributed by atoms with Gasteiger partial charge in [-0.2, -0.15) is 0 Å². The van der Waals surface area contributed by atoms with E-state index >= 15 is 0 Å². The molecule has 0 radical (unpaired) electrons. The molecule has 3 atom stereocenters. The van der Waals surface area contributed by atoms with Gasteiger partial charge in [0.25, 0.3) is 0 Å². The summed E-state index contributed by atoms with van der Waals surface area (Å²) in [5.74, 6) is -0.230. The van der Waals surface area contributed by atoms with Crippen molar-refractivity contribution in [3.05, 3.63) is 0 Å². The SMILES string of the molecule is CCC(C)(NC1CC2CCC(C1)N2C)C(N)=O. The van der Waals surface area contributed by atoms with Crippen LogP contribution in [-0.2, 0) is 4.79 Å². The number of nitrogens with two attached hydrogens (primary N) is 1. The first kappa shape index (κ1) is 12.8. The molecule has 0 aromatic rings. The number of nitrogens with zero attached hydrogens (tertiary/aromatic N) is 1. The van der Waals surface area contributed by atoms with Gasteiger partial charge in [-0.3, -0.25) is 4.79 Å². The summed E-state index contributed by atoms with van der Waals surface area (Å²) >= 11 is 0. The molecule has 3 unspecified atom stereocenters. The van der Waals surface area contributed by atoms with Crippen LogP contribution in [0, 0.1) is 0 Å². The summed E-state index contributed by atoms with van der Waals surface area (Å²) in [5.41, 5.74) is 4.96. The lowest BCUT2D eigenvalue weighted by Gasteiger charge is -2.40. The maximum absolute atomic E-state index is 11.5. The standard InChI is InChI=1S/C13H25N3O/c1-4-13(2,12(14)17)15-9-7-10-5-6-11(8-9)16(10)3/h9-11,15H,4-8H2,1-3H3,(H2,14,17). The summed E-state index contributed by atoms with van der Waals surface area (Å²) < 4.78 is 0. The van der Waals surface area contributed by atoms with Gasteiger partial charge in [0, 0.05) is 18.1 Å². The summed E-state index contributed by atoms with van der Waals surface area (Å²) in [6.07, 6.45) is 5.66. The second-order valence-electron chi connectivity index (χ2n) is 5.91. The third kappa shape index (κ3) is 2.33. The van der Waals surface area contributed by atoms with Gasteiger partial charge in [0.2, 0.25) is 5.91 Å². The molecule has 4 heteroatoms. The molecule has 1 amide bonds. The number of rotatable bonds is 4. The fourth-order valence-electron chi connectivity index (χ4n) is 3.33. The minimum absolute atomic E-state index is 0.230. The van der Waals surface area contributed by atoms with E-state index in [1.165, 1.54) is 12.8 Å². The zero-order valence-corrected chi connectivity index (χ0v) is 11.2. The lowest BCUT2D eigenvalue weighted by molar-refractivity contribution is -0.124. The summed E-state index contributed by atoms with van der Waals surface area (Å²) in [7, 11) is 2.23. The summed E-state index contributed by atoms with van der Waals surface area (Å²) in [6, 6.07) is 1.83. The first-order valence-corrected chi connectivity index (χ1v) is 6.76. The zero-order chi connectivity index (χ0) is 12.6. The quantitative estimate of drug-likeness (QED) is 0.765. The first-order chi connectivity index (χ1) is 7.96. The fourth-order valence-corrected chi connectivity index (χ4v) is 3.33. The van der Waals surface area contributed by atoms with Crippen molar-refractivity contribution in [3.8, 4) is 0 Å². The largest absolute Gasteiger partial charge is 0.368 e. The Kier molecular flexibility index (Phi) is 3.46. The molecule has 0 spiro atoms. The summed E-state index contributed by atoms with van der Waals surface area (Å²) in [4.78, 5) is 14.0. The van der Waals surface area contributed by atoms with E-state index in [1.54, 1.807) is 0 Å². The predicted molar refractivity (Wildman–Crippen MR) is 68.6 cm³/mol. The number of carbonyl (C=O) groups is 1. The topological polar surface area (TPSA) is 58.4 Å². The van der Waals surface area contributed by atoms with Crippen molar-refractivity contribution in [2.75, 3.05) is 7.05 Å². The number of piperidine rings is 1. The normalized spacial score (nSPS) is 36.8. The van der Waals surface area contributed by atoms with Crippen molar-refractivity contribution in [2.45, 2.75) is 69.6 Å². The van der Waals surface area contributed by atoms with Crippen LogP contribution in [0.1, 0.15) is 46.0 Å². The highest BCUT2D eigenvalue weighted by Gasteiger charge is 2.41. The van der Waals surface area contributed by atoms with Gasteiger partial charge in [-0.1, -0.05) is 6.92 Å². The molecule has 2 saturated heterocycles. The van der Waals surface area contributed by atoms with E-state index in [0.717, 1.165) is 19.3 Å². The minimum Gasteiger partial charge on any atom is -0.368 e. The molecule has 2 aliphatic rings. The van der Waals surface area contributed by atoms with Gasteiger partial charge in [-0.25, -0.2) is 0 Å². The first-order valence-electron chi connectivity index (χ1n) is 6.76. The Morgan fingerprint density at radius 1 is 1.41 bits per heavy atom. The van der Waals surface area contributed by atoms with Gasteiger partial charge in [0.1, 0.15) is 0 Å². The number of primary amides is 1. The number of fused-ring (bicyclic) bond motifs is 2. The minimum atomic E-state index is -0.542. The Bertz CT molecular complexity index is 293. The average molecular weight is 239 g/mol. The van der Waals surface area contributed by atoms with Crippen molar-refractivity contribution >= 4 is 5.91 Å². The third-order valence-corrected chi connectivity index (χ3v) is 4.87. The van der Waals surface area contributed by atoms with Crippen molar-refractivity contribution in [1.82, 2.24) is 10.2 Å². The monoisotopic (exact) mass is 239 g/mol. The second kappa shape index (κ2) is 4.58. The molecule has 17 heavy (non-hydrogen) atoms. The Labute approximate surface area is 104 Å². The van der Waals surface area contributed by atoms with Crippen LogP contribution in [0.4, 0.5) is 0 Å². The molecule has 2 bridgehead atoms. The molecule has 0 aromatic heterocycles. The highest BCUT2D eigenvalue weighted by Crippen LogP contribution is 2.34. The second-order valence-corrected chi connectivity index (χ2v) is 5.91. The molecule has 0 aromatic carbocycles. The fraction of sp³-hybridized carbons (Fsp3) is 0.923. The third-order valence-electron chi connectivity index (χ3n) is 4.87. The Balaban J connectivity index is 1.99. The molecule has 2 aliphatic heterocycles. The molecule has 0 saturated carbocycles. The molecule has 4 nitrogen and oxygen atoms in total. The number of hydrogen-bond donors (Lipinski definition) is 2. The smallest absolute Gasteiger partial charge is 0.237 e. The molecule has 2 fully saturated rings. The highest BCUT2D eigenvalue weighted by molar-refractivity contribution is 5.84. The van der Waals surface area contributed by atoms with E-state index in [9.17, 15) is 4.79 Å². The van der Waals surface area contributed by atoms with Crippen LogP contribution in [0.25, 0.3) is 0 Å². The maximum atomic E-state index is 11.5. The van der Waals surface area contributed by atoms with E-state index < -0.39 is 5.54 Å².